The molecule has 1 aromatic rings. The molecular formula is C10H7N3. The van der Waals surface area contributed by atoms with Gasteiger partial charge in [-0.15, -0.1) is 0 Å². The van der Waals surface area contributed by atoms with E-state index in [1.807, 2.05) is 18.5 Å². The minimum absolute atomic E-state index is 1.02. The molecule has 1 N–H and O–H groups in total. The lowest BCUT2D eigenvalue weighted by Crippen LogP contribution is -1.79. The zero-order valence-corrected chi connectivity index (χ0v) is 6.86. The lowest BCUT2D eigenvalue weighted by molar-refractivity contribution is 1.23. The highest BCUT2D eigenvalue weighted by Gasteiger charge is 2.09. The highest BCUT2D eigenvalue weighted by Crippen LogP contribution is 2.29. The van der Waals surface area contributed by atoms with Gasteiger partial charge in [0, 0.05) is 29.0 Å². The van der Waals surface area contributed by atoms with E-state index < -0.39 is 0 Å². The van der Waals surface area contributed by atoms with Gasteiger partial charge >= 0.3 is 0 Å². The molecule has 3 nitrogen and oxygen atoms in total. The van der Waals surface area contributed by atoms with Crippen LogP contribution in [0.15, 0.2) is 36.9 Å². The maximum absolute atomic E-state index is 4.24. The molecule has 0 atom stereocenters. The molecule has 0 saturated heterocycles. The van der Waals surface area contributed by atoms with Crippen molar-refractivity contribution in [1.29, 1.82) is 0 Å². The third kappa shape index (κ3) is 0.839. The van der Waals surface area contributed by atoms with E-state index in [2.05, 4.69) is 27.1 Å². The summed E-state index contributed by atoms with van der Waals surface area (Å²) >= 11 is 0. The summed E-state index contributed by atoms with van der Waals surface area (Å²) in [6, 6.07) is 6.09. The Morgan fingerprint density at radius 2 is 2.31 bits per heavy atom. The minimum Gasteiger partial charge on any atom is -0.361 e. The van der Waals surface area contributed by atoms with E-state index in [9.17, 15) is 0 Å². The molecule has 0 unspecified atom stereocenters. The van der Waals surface area contributed by atoms with Crippen molar-refractivity contribution in [3.8, 4) is 11.3 Å². The Morgan fingerprint density at radius 3 is 3.31 bits per heavy atom. The third-order valence-electron chi connectivity index (χ3n) is 2.18. The molecule has 0 bridgehead atoms. The number of hydrogen-bond donors (Lipinski definition) is 1. The van der Waals surface area contributed by atoms with Crippen LogP contribution in [0, 0.1) is 0 Å². The normalized spacial score (nSPS) is 11.1. The molecule has 1 aliphatic heterocycles. The number of nitrogens with one attached hydrogen (secondary N) is 1. The van der Waals surface area contributed by atoms with Crippen LogP contribution in [0.25, 0.3) is 22.2 Å². The molecule has 0 radical (unpaired) electrons. The standard InChI is InChI=1S/C10H7N3/c1-2-8-9(12-3-1)4-7-5-11-6-13-10(7)8/h1-6,12H. The summed E-state index contributed by atoms with van der Waals surface area (Å²) in [6.07, 6.45) is 5.32. The first-order valence-corrected chi connectivity index (χ1v) is 4.11. The van der Waals surface area contributed by atoms with Crippen LogP contribution in [0.2, 0.25) is 0 Å². The van der Waals surface area contributed by atoms with Gasteiger partial charge in [0.25, 0.3) is 0 Å². The topological polar surface area (TPSA) is 41.6 Å². The van der Waals surface area contributed by atoms with Crippen molar-refractivity contribution in [2.24, 2.45) is 0 Å². The molecule has 3 heteroatoms. The zero-order chi connectivity index (χ0) is 8.67. The average molecular weight is 169 g/mol. The monoisotopic (exact) mass is 169 g/mol. The maximum atomic E-state index is 4.24. The van der Waals surface area contributed by atoms with Crippen LogP contribution in [0.4, 0.5) is 0 Å². The van der Waals surface area contributed by atoms with Crippen LogP contribution in [-0.2, 0) is 0 Å². The van der Waals surface area contributed by atoms with E-state index in [0.717, 1.165) is 22.2 Å². The summed E-state index contributed by atoms with van der Waals surface area (Å²) < 4.78 is 0. The van der Waals surface area contributed by atoms with Gasteiger partial charge < -0.3 is 4.98 Å². The second-order valence-corrected chi connectivity index (χ2v) is 2.97. The van der Waals surface area contributed by atoms with Crippen molar-refractivity contribution in [1.82, 2.24) is 15.0 Å². The second-order valence-electron chi connectivity index (χ2n) is 2.97. The Balaban J connectivity index is 2.56. The first-order valence-electron chi connectivity index (χ1n) is 4.11. The number of pyridine rings is 1. The lowest BCUT2D eigenvalue weighted by Gasteiger charge is -1.95. The maximum Gasteiger partial charge on any atom is 0.116 e. The summed E-state index contributed by atoms with van der Waals surface area (Å²) in [7, 11) is 0. The molecule has 1 aromatic heterocycles. The van der Waals surface area contributed by atoms with E-state index in [0.29, 0.717) is 0 Å². The van der Waals surface area contributed by atoms with Gasteiger partial charge in [0.05, 0.1) is 5.52 Å². The Hall–Kier alpha value is -1.90. The summed E-state index contributed by atoms with van der Waals surface area (Å²) in [4.78, 5) is 11.4. The van der Waals surface area contributed by atoms with Gasteiger partial charge in [-0.3, -0.25) is 0 Å². The molecule has 0 saturated carbocycles. The SMILES string of the molecule is c1c[nH]c2cc3cncnc3c-2c1. The molecule has 0 fully saturated rings. The van der Waals surface area contributed by atoms with Crippen LogP contribution < -0.4 is 0 Å². The molecule has 2 aliphatic rings. The summed E-state index contributed by atoms with van der Waals surface area (Å²) in [5.74, 6) is 0. The van der Waals surface area contributed by atoms with Crippen molar-refractivity contribution >= 4 is 10.9 Å². The van der Waals surface area contributed by atoms with Crippen molar-refractivity contribution in [3.63, 3.8) is 0 Å². The molecule has 0 aromatic carbocycles. The molecule has 62 valence electrons. The van der Waals surface area contributed by atoms with Crippen molar-refractivity contribution in [2.45, 2.75) is 0 Å². The van der Waals surface area contributed by atoms with Crippen molar-refractivity contribution in [2.75, 3.05) is 0 Å². The molecule has 1 aliphatic carbocycles. The molecule has 0 spiro atoms. The Kier molecular flexibility index (Phi) is 1.16. The highest BCUT2D eigenvalue weighted by atomic mass is 14.8. The largest absolute Gasteiger partial charge is 0.361 e. The molecule has 2 heterocycles. The van der Waals surface area contributed by atoms with Gasteiger partial charge in [-0.2, -0.15) is 0 Å². The highest BCUT2D eigenvalue weighted by molar-refractivity contribution is 5.97. The van der Waals surface area contributed by atoms with E-state index in [-0.39, 0.29) is 0 Å². The second kappa shape index (κ2) is 2.29. The van der Waals surface area contributed by atoms with Crippen LogP contribution in [0.5, 0.6) is 0 Å². The molecule has 13 heavy (non-hydrogen) atoms. The molecule has 3 rings (SSSR count). The average Bonchev–Trinajstić information content (AvgIpc) is 2.56. The summed E-state index contributed by atoms with van der Waals surface area (Å²) in [5.41, 5.74) is 3.28. The number of H-pyrrole nitrogens is 1. The van der Waals surface area contributed by atoms with Gasteiger partial charge in [0.15, 0.2) is 0 Å². The zero-order valence-electron chi connectivity index (χ0n) is 6.86. The first kappa shape index (κ1) is 6.60. The van der Waals surface area contributed by atoms with Crippen LogP contribution in [0.1, 0.15) is 0 Å². The van der Waals surface area contributed by atoms with Gasteiger partial charge in [-0.05, 0) is 18.2 Å². The Bertz CT molecular complexity index is 527. The van der Waals surface area contributed by atoms with Crippen molar-refractivity contribution in [3.05, 3.63) is 36.9 Å². The number of fused-ring (bicyclic) bond motifs is 3. The quantitative estimate of drug-likeness (QED) is 0.559. The predicted octanol–water partition coefficient (Wildman–Crippen LogP) is 2.06. The first-order chi connectivity index (χ1) is 6.45. The van der Waals surface area contributed by atoms with Gasteiger partial charge in [0.1, 0.15) is 6.33 Å². The fourth-order valence-corrected chi connectivity index (χ4v) is 1.60. The third-order valence-corrected chi connectivity index (χ3v) is 2.18. The van der Waals surface area contributed by atoms with Crippen LogP contribution >= 0.6 is 0 Å². The van der Waals surface area contributed by atoms with Gasteiger partial charge in [-0.25, -0.2) is 9.97 Å². The van der Waals surface area contributed by atoms with E-state index in [1.165, 1.54) is 0 Å². The number of rotatable bonds is 0. The predicted molar refractivity (Wildman–Crippen MR) is 50.5 cm³/mol. The Morgan fingerprint density at radius 1 is 1.31 bits per heavy atom. The minimum atomic E-state index is 1.02. The Labute approximate surface area is 74.8 Å². The lowest BCUT2D eigenvalue weighted by atomic mass is 10.2. The van der Waals surface area contributed by atoms with E-state index in [1.54, 1.807) is 6.33 Å². The molecule has 0 amide bonds. The fourth-order valence-electron chi connectivity index (χ4n) is 1.60. The smallest absolute Gasteiger partial charge is 0.116 e. The summed E-state index contributed by atoms with van der Waals surface area (Å²) in [5, 5.41) is 1.08. The van der Waals surface area contributed by atoms with E-state index in [4.69, 9.17) is 0 Å². The molecular weight excluding hydrogens is 162 g/mol. The van der Waals surface area contributed by atoms with Crippen LogP contribution in [0.3, 0.4) is 0 Å². The van der Waals surface area contributed by atoms with Crippen LogP contribution in [-0.4, -0.2) is 15.0 Å². The van der Waals surface area contributed by atoms with Crippen molar-refractivity contribution < 1.29 is 0 Å². The van der Waals surface area contributed by atoms with Gasteiger partial charge in [0.2, 0.25) is 0 Å². The summed E-state index contributed by atoms with van der Waals surface area (Å²) in [6.45, 7) is 0. The fraction of sp³-hybridized carbons (Fsp3) is 0. The number of nitrogens with zero attached hydrogens (tertiary/aromatic N) is 2. The number of hydrogen-bond acceptors (Lipinski definition) is 2. The number of aromatic amines is 1. The number of aromatic nitrogens is 3. The van der Waals surface area contributed by atoms with E-state index >= 15 is 0 Å². The van der Waals surface area contributed by atoms with Gasteiger partial charge in [-0.1, -0.05) is 0 Å².